The summed E-state index contributed by atoms with van der Waals surface area (Å²) in [6.07, 6.45) is 24.4. The lowest BCUT2D eigenvalue weighted by Gasteiger charge is -2.34. The van der Waals surface area contributed by atoms with Crippen LogP contribution in [0.3, 0.4) is 0 Å². The highest BCUT2D eigenvalue weighted by Gasteiger charge is 2.21. The van der Waals surface area contributed by atoms with E-state index in [-0.39, 0.29) is 0 Å². The molecule has 0 amide bonds. The maximum absolute atomic E-state index is 6.29. The molecule has 0 rings (SSSR count). The van der Waals surface area contributed by atoms with Crippen molar-refractivity contribution in [2.75, 3.05) is 20.6 Å². The fourth-order valence-electron chi connectivity index (χ4n) is 3.49. The van der Waals surface area contributed by atoms with E-state index in [9.17, 15) is 0 Å². The first-order chi connectivity index (χ1) is 12.0. The van der Waals surface area contributed by atoms with Gasteiger partial charge in [-0.1, -0.05) is 103 Å². The van der Waals surface area contributed by atoms with Crippen molar-refractivity contribution < 1.29 is 4.48 Å². The Morgan fingerprint density at radius 2 is 0.880 bits per heavy atom. The van der Waals surface area contributed by atoms with E-state index in [1.807, 2.05) is 0 Å². The van der Waals surface area contributed by atoms with Crippen molar-refractivity contribution in [1.82, 2.24) is 0 Å². The van der Waals surface area contributed by atoms with Crippen LogP contribution in [0.15, 0.2) is 0 Å². The largest absolute Gasteiger partial charge is 0.314 e. The van der Waals surface area contributed by atoms with E-state index in [0.717, 1.165) is 11.0 Å². The molecule has 0 aromatic heterocycles. The average Bonchev–Trinajstić information content (AvgIpc) is 2.61. The standard InChI is InChI=1S/C23H51N2/c1-5-7-8-9-10-11-12-13-14-15-16-17-18-19-20-21-22-23(24)25(3,4)6-2/h23H,5-22,24H2,1-4H3/q+1. The van der Waals surface area contributed by atoms with Crippen LogP contribution in [0.4, 0.5) is 0 Å². The van der Waals surface area contributed by atoms with Crippen LogP contribution >= 0.6 is 0 Å². The van der Waals surface area contributed by atoms with Crippen molar-refractivity contribution >= 4 is 0 Å². The molecule has 0 fully saturated rings. The van der Waals surface area contributed by atoms with E-state index in [1.54, 1.807) is 0 Å². The maximum atomic E-state index is 6.29. The van der Waals surface area contributed by atoms with Gasteiger partial charge in [-0.25, -0.2) is 0 Å². The third-order valence-corrected chi connectivity index (χ3v) is 6.07. The van der Waals surface area contributed by atoms with Crippen molar-refractivity contribution in [3.05, 3.63) is 0 Å². The number of hydrogen-bond donors (Lipinski definition) is 1. The molecule has 0 saturated carbocycles. The summed E-state index contributed by atoms with van der Waals surface area (Å²) >= 11 is 0. The van der Waals surface area contributed by atoms with Gasteiger partial charge in [0.2, 0.25) is 0 Å². The van der Waals surface area contributed by atoms with Gasteiger partial charge in [-0.2, -0.15) is 0 Å². The fraction of sp³-hybridized carbons (Fsp3) is 1.00. The van der Waals surface area contributed by atoms with Gasteiger partial charge in [-0.15, -0.1) is 0 Å². The average molecular weight is 356 g/mol. The normalized spacial score (nSPS) is 13.3. The van der Waals surface area contributed by atoms with E-state index in [1.165, 1.54) is 109 Å². The molecule has 2 N–H and O–H groups in total. The Morgan fingerprint density at radius 3 is 1.20 bits per heavy atom. The molecule has 152 valence electrons. The minimum Gasteiger partial charge on any atom is -0.314 e. The lowest BCUT2D eigenvalue weighted by Crippen LogP contribution is -2.53. The number of unbranched alkanes of at least 4 members (excludes halogenated alkanes) is 15. The Kier molecular flexibility index (Phi) is 17.3. The topological polar surface area (TPSA) is 26.0 Å². The molecule has 0 aromatic rings. The third kappa shape index (κ3) is 15.9. The van der Waals surface area contributed by atoms with E-state index in [4.69, 9.17) is 5.73 Å². The van der Waals surface area contributed by atoms with Gasteiger partial charge in [0.25, 0.3) is 0 Å². The van der Waals surface area contributed by atoms with E-state index < -0.39 is 0 Å². The summed E-state index contributed by atoms with van der Waals surface area (Å²) in [6, 6.07) is 0. The Labute approximate surface area is 160 Å². The molecule has 0 spiro atoms. The number of hydrogen-bond acceptors (Lipinski definition) is 1. The van der Waals surface area contributed by atoms with Gasteiger partial charge in [0.05, 0.1) is 20.6 Å². The van der Waals surface area contributed by atoms with Gasteiger partial charge in [0, 0.05) is 6.42 Å². The molecule has 0 aliphatic carbocycles. The second-order valence-corrected chi connectivity index (χ2v) is 8.75. The van der Waals surface area contributed by atoms with Crippen molar-refractivity contribution in [3.8, 4) is 0 Å². The van der Waals surface area contributed by atoms with Crippen LogP contribution in [-0.2, 0) is 0 Å². The summed E-state index contributed by atoms with van der Waals surface area (Å²) in [7, 11) is 4.49. The summed E-state index contributed by atoms with van der Waals surface area (Å²) in [4.78, 5) is 0. The monoisotopic (exact) mass is 355 g/mol. The molecule has 0 aromatic carbocycles. The first-order valence-corrected chi connectivity index (χ1v) is 11.6. The second-order valence-electron chi connectivity index (χ2n) is 8.75. The second kappa shape index (κ2) is 17.3. The molecule has 0 aliphatic rings. The molecule has 25 heavy (non-hydrogen) atoms. The maximum Gasteiger partial charge on any atom is 0.139 e. The first kappa shape index (κ1) is 24.9. The van der Waals surface area contributed by atoms with Gasteiger partial charge in [-0.05, 0) is 13.3 Å². The molecule has 0 saturated heterocycles. The Morgan fingerprint density at radius 1 is 0.560 bits per heavy atom. The zero-order chi connectivity index (χ0) is 18.8. The minimum atomic E-state index is 0.316. The predicted molar refractivity (Wildman–Crippen MR) is 115 cm³/mol. The van der Waals surface area contributed by atoms with Gasteiger partial charge in [-0.3, -0.25) is 5.73 Å². The van der Waals surface area contributed by atoms with Gasteiger partial charge < -0.3 is 4.48 Å². The van der Waals surface area contributed by atoms with Crippen molar-refractivity contribution in [3.63, 3.8) is 0 Å². The first-order valence-electron chi connectivity index (χ1n) is 11.6. The molecule has 0 heterocycles. The fourth-order valence-corrected chi connectivity index (χ4v) is 3.49. The van der Waals surface area contributed by atoms with Gasteiger partial charge in [0.1, 0.15) is 6.17 Å². The Bertz CT molecular complexity index is 263. The Hall–Kier alpha value is -0.0800. The number of nitrogens with zero attached hydrogens (tertiary/aromatic N) is 1. The molecule has 0 aliphatic heterocycles. The number of nitrogens with two attached hydrogens (primary N) is 1. The highest BCUT2D eigenvalue weighted by Crippen LogP contribution is 2.15. The van der Waals surface area contributed by atoms with Crippen LogP contribution in [-0.4, -0.2) is 31.3 Å². The third-order valence-electron chi connectivity index (χ3n) is 6.07. The molecule has 1 atom stereocenters. The molecular formula is C23H51N2+. The Balaban J connectivity index is 3.17. The van der Waals surface area contributed by atoms with Crippen LogP contribution in [0.1, 0.15) is 123 Å². The molecule has 0 radical (unpaired) electrons. The highest BCUT2D eigenvalue weighted by atomic mass is 15.4. The molecule has 1 unspecified atom stereocenters. The van der Waals surface area contributed by atoms with E-state index in [0.29, 0.717) is 6.17 Å². The minimum absolute atomic E-state index is 0.316. The van der Waals surface area contributed by atoms with Gasteiger partial charge in [0.15, 0.2) is 0 Å². The summed E-state index contributed by atoms with van der Waals surface area (Å²) in [5, 5.41) is 0. The van der Waals surface area contributed by atoms with Crippen molar-refractivity contribution in [2.24, 2.45) is 5.73 Å². The summed E-state index contributed by atoms with van der Waals surface area (Å²) < 4.78 is 0.957. The van der Waals surface area contributed by atoms with E-state index in [2.05, 4.69) is 27.9 Å². The van der Waals surface area contributed by atoms with Crippen molar-refractivity contribution in [2.45, 2.75) is 129 Å². The van der Waals surface area contributed by atoms with Crippen LogP contribution in [0.5, 0.6) is 0 Å². The van der Waals surface area contributed by atoms with Crippen LogP contribution in [0.25, 0.3) is 0 Å². The van der Waals surface area contributed by atoms with Gasteiger partial charge >= 0.3 is 0 Å². The summed E-state index contributed by atoms with van der Waals surface area (Å²) in [5.41, 5.74) is 6.29. The smallest absolute Gasteiger partial charge is 0.139 e. The van der Waals surface area contributed by atoms with Crippen LogP contribution < -0.4 is 5.73 Å². The number of quaternary nitrogens is 1. The van der Waals surface area contributed by atoms with Crippen LogP contribution in [0, 0.1) is 0 Å². The molecule has 2 nitrogen and oxygen atoms in total. The molecule has 2 heteroatoms. The zero-order valence-electron chi connectivity index (χ0n) is 18.3. The lowest BCUT2D eigenvalue weighted by atomic mass is 10.0. The quantitative estimate of drug-likeness (QED) is 0.150. The summed E-state index contributed by atoms with van der Waals surface area (Å²) in [5.74, 6) is 0. The zero-order valence-corrected chi connectivity index (χ0v) is 18.3. The SMILES string of the molecule is CCCCCCCCCCCCCCCCCCC(N)[N+](C)(C)CC. The lowest BCUT2D eigenvalue weighted by molar-refractivity contribution is -0.913. The van der Waals surface area contributed by atoms with Crippen LogP contribution in [0.2, 0.25) is 0 Å². The highest BCUT2D eigenvalue weighted by molar-refractivity contribution is 4.53. The van der Waals surface area contributed by atoms with Crippen molar-refractivity contribution in [1.29, 1.82) is 0 Å². The summed E-state index contributed by atoms with van der Waals surface area (Å²) in [6.45, 7) is 5.65. The van der Waals surface area contributed by atoms with E-state index >= 15 is 0 Å². The molecule has 0 bridgehead atoms. The molecular weight excluding hydrogens is 304 g/mol. The number of rotatable bonds is 19. The predicted octanol–water partition coefficient (Wildman–Crippen LogP) is 7.02.